The molecule has 2 rings (SSSR count). The van der Waals surface area contributed by atoms with Gasteiger partial charge in [0.15, 0.2) is 0 Å². The van der Waals surface area contributed by atoms with Crippen LogP contribution < -0.4 is 10.6 Å². The third-order valence-electron chi connectivity index (χ3n) is 3.00. The second-order valence-electron chi connectivity index (χ2n) is 5.97. The minimum absolute atomic E-state index is 0.00873. The van der Waals surface area contributed by atoms with Crippen molar-refractivity contribution in [2.24, 2.45) is 0 Å². The lowest BCUT2D eigenvalue weighted by molar-refractivity contribution is -0.116. The number of aromatic nitrogens is 1. The number of carbonyl (C=O) groups excluding carboxylic acids is 1. The molecule has 0 aliphatic heterocycles. The quantitative estimate of drug-likeness (QED) is 0.907. The topological polar surface area (TPSA) is 54.0 Å². The van der Waals surface area contributed by atoms with Crippen LogP contribution in [0.2, 0.25) is 5.02 Å². The zero-order chi connectivity index (χ0) is 15.5. The minimum atomic E-state index is -0.0407. The van der Waals surface area contributed by atoms with Crippen molar-refractivity contribution >= 4 is 34.1 Å². The van der Waals surface area contributed by atoms with Gasteiger partial charge >= 0.3 is 0 Å². The van der Waals surface area contributed by atoms with Crippen LogP contribution in [0, 0.1) is 0 Å². The van der Waals surface area contributed by atoms with E-state index in [0.29, 0.717) is 29.2 Å². The summed E-state index contributed by atoms with van der Waals surface area (Å²) >= 11 is 6.14. The van der Waals surface area contributed by atoms with Crippen LogP contribution in [0.3, 0.4) is 0 Å². The van der Waals surface area contributed by atoms with Crippen LogP contribution in [-0.2, 0) is 4.79 Å². The Morgan fingerprint density at radius 3 is 2.76 bits per heavy atom. The number of amides is 1. The molecular weight excluding hydrogens is 286 g/mol. The van der Waals surface area contributed by atoms with Crippen molar-refractivity contribution in [3.8, 4) is 0 Å². The largest absolute Gasteiger partial charge is 0.324 e. The van der Waals surface area contributed by atoms with Gasteiger partial charge in [0.05, 0.1) is 16.2 Å². The zero-order valence-electron chi connectivity index (χ0n) is 12.5. The highest BCUT2D eigenvalue weighted by atomic mass is 35.5. The Bertz CT molecular complexity index is 650. The molecule has 1 aromatic heterocycles. The molecule has 0 aliphatic rings. The standard InChI is InChI=1S/C16H20ClN3O/c1-16(2,3)19-10-8-14(21)20-13-7-6-12(17)11-5-4-9-18-15(11)13/h4-7,9,19H,8,10H2,1-3H3,(H,20,21). The number of hydrogen-bond donors (Lipinski definition) is 2. The average Bonchev–Trinajstić information content (AvgIpc) is 2.41. The molecule has 1 aromatic carbocycles. The van der Waals surface area contributed by atoms with E-state index in [9.17, 15) is 4.79 Å². The molecule has 0 saturated carbocycles. The van der Waals surface area contributed by atoms with E-state index in [1.165, 1.54) is 0 Å². The lowest BCUT2D eigenvalue weighted by atomic mass is 10.1. The Balaban J connectivity index is 2.06. The van der Waals surface area contributed by atoms with Crippen molar-refractivity contribution in [2.75, 3.05) is 11.9 Å². The summed E-state index contributed by atoms with van der Waals surface area (Å²) < 4.78 is 0. The molecule has 0 atom stereocenters. The molecule has 0 aliphatic carbocycles. The van der Waals surface area contributed by atoms with Gasteiger partial charge in [-0.25, -0.2) is 0 Å². The van der Waals surface area contributed by atoms with Crippen LogP contribution in [0.5, 0.6) is 0 Å². The maximum Gasteiger partial charge on any atom is 0.225 e. The summed E-state index contributed by atoms with van der Waals surface area (Å²) in [5, 5.41) is 7.65. The van der Waals surface area contributed by atoms with E-state index in [0.717, 1.165) is 5.39 Å². The van der Waals surface area contributed by atoms with Gasteiger partial charge in [-0.3, -0.25) is 9.78 Å². The maximum atomic E-state index is 12.0. The molecule has 1 amide bonds. The predicted octanol–water partition coefficient (Wildman–Crippen LogP) is 3.60. The van der Waals surface area contributed by atoms with Crippen LogP contribution in [0.15, 0.2) is 30.5 Å². The summed E-state index contributed by atoms with van der Waals surface area (Å²) in [4.78, 5) is 16.3. The highest BCUT2D eigenvalue weighted by Gasteiger charge is 2.11. The van der Waals surface area contributed by atoms with E-state index < -0.39 is 0 Å². The van der Waals surface area contributed by atoms with E-state index in [-0.39, 0.29) is 11.4 Å². The van der Waals surface area contributed by atoms with Gasteiger partial charge in [0, 0.05) is 30.1 Å². The highest BCUT2D eigenvalue weighted by Crippen LogP contribution is 2.27. The molecule has 4 nitrogen and oxygen atoms in total. The molecule has 0 bridgehead atoms. The van der Waals surface area contributed by atoms with Crippen molar-refractivity contribution in [3.63, 3.8) is 0 Å². The van der Waals surface area contributed by atoms with Crippen molar-refractivity contribution in [1.29, 1.82) is 0 Å². The lowest BCUT2D eigenvalue weighted by Gasteiger charge is -2.20. The van der Waals surface area contributed by atoms with Gasteiger partial charge < -0.3 is 10.6 Å². The fourth-order valence-electron chi connectivity index (χ4n) is 2.00. The third-order valence-corrected chi connectivity index (χ3v) is 3.33. The normalized spacial score (nSPS) is 11.6. The van der Waals surface area contributed by atoms with Crippen LogP contribution in [0.1, 0.15) is 27.2 Å². The Labute approximate surface area is 129 Å². The SMILES string of the molecule is CC(C)(C)NCCC(=O)Nc1ccc(Cl)c2cccnc12. The number of anilines is 1. The minimum Gasteiger partial charge on any atom is -0.324 e. The van der Waals surface area contributed by atoms with Crippen molar-refractivity contribution < 1.29 is 4.79 Å². The van der Waals surface area contributed by atoms with Crippen molar-refractivity contribution in [1.82, 2.24) is 10.3 Å². The summed E-state index contributed by atoms with van der Waals surface area (Å²) in [5.74, 6) is -0.0407. The summed E-state index contributed by atoms with van der Waals surface area (Å²) in [6, 6.07) is 7.27. The summed E-state index contributed by atoms with van der Waals surface area (Å²) in [5.41, 5.74) is 1.41. The second kappa shape index (κ2) is 6.41. The molecule has 21 heavy (non-hydrogen) atoms. The highest BCUT2D eigenvalue weighted by molar-refractivity contribution is 6.35. The van der Waals surface area contributed by atoms with E-state index in [4.69, 9.17) is 11.6 Å². The number of benzene rings is 1. The second-order valence-corrected chi connectivity index (χ2v) is 6.38. The van der Waals surface area contributed by atoms with Crippen LogP contribution >= 0.6 is 11.6 Å². The molecule has 2 N–H and O–H groups in total. The third kappa shape index (κ3) is 4.41. The number of fused-ring (bicyclic) bond motifs is 1. The Morgan fingerprint density at radius 2 is 2.05 bits per heavy atom. The average molecular weight is 306 g/mol. The molecule has 0 unspecified atom stereocenters. The first-order valence-corrected chi connectivity index (χ1v) is 7.33. The van der Waals surface area contributed by atoms with Gasteiger partial charge in [0.25, 0.3) is 0 Å². The van der Waals surface area contributed by atoms with Gasteiger partial charge in [-0.1, -0.05) is 11.6 Å². The number of halogens is 1. The summed E-state index contributed by atoms with van der Waals surface area (Å²) in [6.45, 7) is 6.85. The number of pyridine rings is 1. The number of nitrogens with one attached hydrogen (secondary N) is 2. The lowest BCUT2D eigenvalue weighted by Crippen LogP contribution is -2.37. The first-order chi connectivity index (χ1) is 9.87. The van der Waals surface area contributed by atoms with Crippen LogP contribution in [0.25, 0.3) is 10.9 Å². The number of carbonyl (C=O) groups is 1. The Hall–Kier alpha value is -1.65. The van der Waals surface area contributed by atoms with Gasteiger partial charge in [0.2, 0.25) is 5.91 Å². The summed E-state index contributed by atoms with van der Waals surface area (Å²) in [7, 11) is 0. The molecule has 112 valence electrons. The fraction of sp³-hybridized carbons (Fsp3) is 0.375. The first kappa shape index (κ1) is 15.7. The Morgan fingerprint density at radius 1 is 1.29 bits per heavy atom. The monoisotopic (exact) mass is 305 g/mol. The molecule has 0 fully saturated rings. The zero-order valence-corrected chi connectivity index (χ0v) is 13.3. The first-order valence-electron chi connectivity index (χ1n) is 6.95. The van der Waals surface area contributed by atoms with E-state index in [2.05, 4.69) is 36.4 Å². The van der Waals surface area contributed by atoms with Crippen molar-refractivity contribution in [3.05, 3.63) is 35.5 Å². The van der Waals surface area contributed by atoms with E-state index >= 15 is 0 Å². The number of hydrogen-bond acceptors (Lipinski definition) is 3. The van der Waals surface area contributed by atoms with E-state index in [1.54, 1.807) is 18.3 Å². The van der Waals surface area contributed by atoms with Gasteiger partial charge in [-0.05, 0) is 45.0 Å². The predicted molar refractivity (Wildman–Crippen MR) is 87.8 cm³/mol. The Kier molecular flexibility index (Phi) is 4.80. The van der Waals surface area contributed by atoms with Gasteiger partial charge in [-0.15, -0.1) is 0 Å². The smallest absolute Gasteiger partial charge is 0.225 e. The van der Waals surface area contributed by atoms with Crippen LogP contribution in [0.4, 0.5) is 5.69 Å². The van der Waals surface area contributed by atoms with Crippen LogP contribution in [-0.4, -0.2) is 23.0 Å². The molecule has 1 heterocycles. The van der Waals surface area contributed by atoms with Gasteiger partial charge in [-0.2, -0.15) is 0 Å². The van der Waals surface area contributed by atoms with E-state index in [1.807, 2.05) is 12.1 Å². The maximum absolute atomic E-state index is 12.0. The summed E-state index contributed by atoms with van der Waals surface area (Å²) in [6.07, 6.45) is 2.10. The molecule has 0 radical (unpaired) electrons. The molecule has 5 heteroatoms. The molecule has 0 spiro atoms. The molecule has 2 aromatic rings. The molecule has 0 saturated heterocycles. The fourth-order valence-corrected chi connectivity index (χ4v) is 2.22. The van der Waals surface area contributed by atoms with Gasteiger partial charge in [0.1, 0.15) is 0 Å². The number of nitrogens with zero attached hydrogens (tertiary/aromatic N) is 1. The molecular formula is C16H20ClN3O. The number of rotatable bonds is 4. The van der Waals surface area contributed by atoms with Crippen molar-refractivity contribution in [2.45, 2.75) is 32.7 Å².